The molecule has 1 aromatic rings. The van der Waals surface area contributed by atoms with Crippen LogP contribution in [0.3, 0.4) is 0 Å². The van der Waals surface area contributed by atoms with Crippen LogP contribution in [0.25, 0.3) is 0 Å². The first-order valence-corrected chi connectivity index (χ1v) is 7.29. The first-order valence-electron chi connectivity index (χ1n) is 7.29. The molecule has 1 saturated heterocycles. The van der Waals surface area contributed by atoms with Gasteiger partial charge in [0.15, 0.2) is 0 Å². The van der Waals surface area contributed by atoms with Gasteiger partial charge in [-0.15, -0.1) is 0 Å². The molecule has 0 saturated carbocycles. The SMILES string of the molecule is COCCCN(C)C1CCCN(c2ccccc2)C1=O. The van der Waals surface area contributed by atoms with Gasteiger partial charge in [0.2, 0.25) is 5.91 Å². The summed E-state index contributed by atoms with van der Waals surface area (Å²) < 4.78 is 5.07. The average Bonchev–Trinajstić information content (AvgIpc) is 2.48. The summed E-state index contributed by atoms with van der Waals surface area (Å²) in [5, 5.41) is 0. The van der Waals surface area contributed by atoms with Crippen molar-refractivity contribution in [3.8, 4) is 0 Å². The number of hydrogen-bond acceptors (Lipinski definition) is 3. The van der Waals surface area contributed by atoms with E-state index < -0.39 is 0 Å². The summed E-state index contributed by atoms with van der Waals surface area (Å²) in [4.78, 5) is 16.7. The van der Waals surface area contributed by atoms with Crippen LogP contribution in [0.15, 0.2) is 30.3 Å². The Bertz CT molecular complexity index is 422. The number of benzene rings is 1. The van der Waals surface area contributed by atoms with Crippen LogP contribution in [0.5, 0.6) is 0 Å². The molecule has 1 unspecified atom stereocenters. The van der Waals surface area contributed by atoms with Crippen molar-refractivity contribution in [1.82, 2.24) is 4.90 Å². The van der Waals surface area contributed by atoms with Crippen LogP contribution in [-0.2, 0) is 9.53 Å². The minimum absolute atomic E-state index is 0.000752. The fourth-order valence-electron chi connectivity index (χ4n) is 2.74. The van der Waals surface area contributed by atoms with Crippen molar-refractivity contribution < 1.29 is 9.53 Å². The van der Waals surface area contributed by atoms with Gasteiger partial charge in [0, 0.05) is 32.5 Å². The molecule has 1 atom stereocenters. The predicted octanol–water partition coefficient (Wildman–Crippen LogP) is 2.15. The highest BCUT2D eigenvalue weighted by Crippen LogP contribution is 2.23. The van der Waals surface area contributed by atoms with Crippen molar-refractivity contribution in [3.63, 3.8) is 0 Å². The molecule has 20 heavy (non-hydrogen) atoms. The summed E-state index contributed by atoms with van der Waals surface area (Å²) in [6.07, 6.45) is 2.97. The first kappa shape index (κ1) is 15.0. The lowest BCUT2D eigenvalue weighted by molar-refractivity contribution is -0.124. The molecule has 4 heteroatoms. The Labute approximate surface area is 121 Å². The molecular weight excluding hydrogens is 252 g/mol. The summed E-state index contributed by atoms with van der Waals surface area (Å²) in [5.41, 5.74) is 1.01. The Hall–Kier alpha value is -1.39. The van der Waals surface area contributed by atoms with Crippen molar-refractivity contribution in [3.05, 3.63) is 30.3 Å². The number of ether oxygens (including phenoxy) is 1. The summed E-state index contributed by atoms with van der Waals surface area (Å²) in [7, 11) is 3.75. The standard InChI is InChI=1S/C16H24N2O2/c1-17(11-7-13-20-2)15-10-6-12-18(16(15)19)14-8-4-3-5-9-14/h3-5,8-9,15H,6-7,10-13H2,1-2H3. The zero-order chi connectivity index (χ0) is 14.4. The lowest BCUT2D eigenvalue weighted by Crippen LogP contribution is -2.51. The van der Waals surface area contributed by atoms with E-state index in [2.05, 4.69) is 4.90 Å². The van der Waals surface area contributed by atoms with Crippen molar-refractivity contribution in [2.75, 3.05) is 38.8 Å². The van der Waals surface area contributed by atoms with E-state index in [1.54, 1.807) is 7.11 Å². The van der Waals surface area contributed by atoms with Gasteiger partial charge in [0.25, 0.3) is 0 Å². The smallest absolute Gasteiger partial charge is 0.244 e. The molecule has 0 N–H and O–H groups in total. The molecule has 1 fully saturated rings. The fourth-order valence-corrected chi connectivity index (χ4v) is 2.74. The van der Waals surface area contributed by atoms with E-state index in [0.717, 1.165) is 44.6 Å². The van der Waals surface area contributed by atoms with Crippen molar-refractivity contribution in [2.24, 2.45) is 0 Å². The van der Waals surface area contributed by atoms with E-state index >= 15 is 0 Å². The number of methoxy groups -OCH3 is 1. The van der Waals surface area contributed by atoms with Crippen LogP contribution in [0, 0.1) is 0 Å². The van der Waals surface area contributed by atoms with Crippen molar-refractivity contribution in [2.45, 2.75) is 25.3 Å². The molecule has 0 aromatic heterocycles. The van der Waals surface area contributed by atoms with Gasteiger partial charge in [0.1, 0.15) is 0 Å². The maximum Gasteiger partial charge on any atom is 0.244 e. The van der Waals surface area contributed by atoms with E-state index in [4.69, 9.17) is 4.74 Å². The average molecular weight is 276 g/mol. The quantitative estimate of drug-likeness (QED) is 0.746. The Kier molecular flexibility index (Phi) is 5.56. The summed E-state index contributed by atoms with van der Waals surface area (Å²) >= 11 is 0. The Morgan fingerprint density at radius 3 is 2.80 bits per heavy atom. The second-order valence-corrected chi connectivity index (χ2v) is 5.31. The lowest BCUT2D eigenvalue weighted by atomic mass is 10.0. The minimum Gasteiger partial charge on any atom is -0.385 e. The molecule has 4 nitrogen and oxygen atoms in total. The topological polar surface area (TPSA) is 32.8 Å². The highest BCUT2D eigenvalue weighted by molar-refractivity contribution is 5.97. The number of piperidine rings is 1. The number of rotatable bonds is 6. The third-order valence-corrected chi connectivity index (χ3v) is 3.87. The number of carbonyl (C=O) groups excluding carboxylic acids is 1. The monoisotopic (exact) mass is 276 g/mol. The molecular formula is C16H24N2O2. The number of nitrogens with zero attached hydrogens (tertiary/aromatic N) is 2. The Morgan fingerprint density at radius 1 is 1.35 bits per heavy atom. The third-order valence-electron chi connectivity index (χ3n) is 3.87. The lowest BCUT2D eigenvalue weighted by Gasteiger charge is -2.36. The number of amides is 1. The van der Waals surface area contributed by atoms with E-state index in [0.29, 0.717) is 0 Å². The van der Waals surface area contributed by atoms with Crippen molar-refractivity contribution >= 4 is 11.6 Å². The summed E-state index contributed by atoms with van der Waals surface area (Å²) in [5.74, 6) is 0.224. The molecule has 1 aliphatic rings. The van der Waals surface area contributed by atoms with Crippen LogP contribution in [-0.4, -0.2) is 50.7 Å². The summed E-state index contributed by atoms with van der Waals surface area (Å²) in [6, 6.07) is 9.95. The fraction of sp³-hybridized carbons (Fsp3) is 0.562. The van der Waals surface area contributed by atoms with Crippen LogP contribution in [0.1, 0.15) is 19.3 Å². The zero-order valence-corrected chi connectivity index (χ0v) is 12.4. The van der Waals surface area contributed by atoms with E-state index in [1.807, 2.05) is 42.3 Å². The van der Waals surface area contributed by atoms with Gasteiger partial charge < -0.3 is 9.64 Å². The molecule has 0 aliphatic carbocycles. The number of likely N-dealkylation sites (N-methyl/N-ethyl adjacent to an activating group) is 1. The molecule has 0 radical (unpaired) electrons. The second kappa shape index (κ2) is 7.41. The number of para-hydroxylation sites is 1. The van der Waals surface area contributed by atoms with Crippen LogP contribution >= 0.6 is 0 Å². The molecule has 1 heterocycles. The van der Waals surface area contributed by atoms with E-state index in [-0.39, 0.29) is 11.9 Å². The van der Waals surface area contributed by atoms with Crippen LogP contribution in [0.2, 0.25) is 0 Å². The molecule has 0 spiro atoms. The van der Waals surface area contributed by atoms with Gasteiger partial charge in [-0.2, -0.15) is 0 Å². The Balaban J connectivity index is 1.99. The van der Waals surface area contributed by atoms with Gasteiger partial charge in [-0.05, 0) is 38.4 Å². The largest absolute Gasteiger partial charge is 0.385 e. The molecule has 1 aromatic carbocycles. The second-order valence-electron chi connectivity index (χ2n) is 5.31. The minimum atomic E-state index is 0.000752. The highest BCUT2D eigenvalue weighted by atomic mass is 16.5. The van der Waals surface area contributed by atoms with Gasteiger partial charge in [-0.3, -0.25) is 9.69 Å². The number of carbonyl (C=O) groups is 1. The third kappa shape index (κ3) is 3.58. The highest BCUT2D eigenvalue weighted by Gasteiger charge is 2.31. The van der Waals surface area contributed by atoms with E-state index in [1.165, 1.54) is 0 Å². The normalized spacial score (nSPS) is 19.6. The van der Waals surface area contributed by atoms with Gasteiger partial charge >= 0.3 is 0 Å². The number of hydrogen-bond donors (Lipinski definition) is 0. The molecule has 0 bridgehead atoms. The number of anilines is 1. The molecule has 1 aliphatic heterocycles. The molecule has 1 amide bonds. The predicted molar refractivity (Wildman–Crippen MR) is 80.9 cm³/mol. The van der Waals surface area contributed by atoms with Crippen LogP contribution < -0.4 is 4.90 Å². The van der Waals surface area contributed by atoms with Crippen molar-refractivity contribution in [1.29, 1.82) is 0 Å². The first-order chi connectivity index (χ1) is 9.74. The van der Waals surface area contributed by atoms with Gasteiger partial charge in [0.05, 0.1) is 6.04 Å². The Morgan fingerprint density at radius 2 is 2.10 bits per heavy atom. The zero-order valence-electron chi connectivity index (χ0n) is 12.4. The summed E-state index contributed by atoms with van der Waals surface area (Å²) in [6.45, 7) is 2.46. The molecule has 2 rings (SSSR count). The van der Waals surface area contributed by atoms with Gasteiger partial charge in [-0.1, -0.05) is 18.2 Å². The maximum atomic E-state index is 12.7. The van der Waals surface area contributed by atoms with Gasteiger partial charge in [-0.25, -0.2) is 0 Å². The van der Waals surface area contributed by atoms with Crippen LogP contribution in [0.4, 0.5) is 5.69 Å². The molecule has 110 valence electrons. The maximum absolute atomic E-state index is 12.7. The van der Waals surface area contributed by atoms with E-state index in [9.17, 15) is 4.79 Å².